The first kappa shape index (κ1) is 12.4. The number of hydrogen-bond donors (Lipinski definition) is 0. The molecule has 3 rings (SSSR count). The minimum atomic E-state index is 0.761. The Morgan fingerprint density at radius 1 is 1.05 bits per heavy atom. The molecule has 0 saturated heterocycles. The van der Waals surface area contributed by atoms with Crippen LogP contribution in [0.5, 0.6) is 0 Å². The minimum absolute atomic E-state index is 0.761. The molecule has 1 heterocycles. The number of alkyl halides is 1. The van der Waals surface area contributed by atoms with Crippen LogP contribution in [0.2, 0.25) is 0 Å². The number of rotatable bonds is 4. The van der Waals surface area contributed by atoms with Gasteiger partial charge in [0.2, 0.25) is 0 Å². The minimum Gasteiger partial charge on any atom is -0.248 e. The first-order valence-corrected chi connectivity index (χ1v) is 7.40. The van der Waals surface area contributed by atoms with Crippen LogP contribution < -0.4 is 0 Å². The maximum atomic E-state index is 4.18. The topological polar surface area (TPSA) is 30.7 Å². The van der Waals surface area contributed by atoms with Crippen molar-refractivity contribution >= 4 is 26.7 Å². The summed E-state index contributed by atoms with van der Waals surface area (Å²) in [4.78, 5) is 0. The van der Waals surface area contributed by atoms with E-state index in [1.807, 2.05) is 10.9 Å². The number of aromatic nitrogens is 3. The summed E-state index contributed by atoms with van der Waals surface area (Å²) in [5.74, 6) is 0. The Bertz CT molecular complexity index is 685. The molecule has 0 unspecified atom stereocenters. The molecule has 0 spiro atoms. The van der Waals surface area contributed by atoms with E-state index in [1.54, 1.807) is 0 Å². The molecule has 3 aromatic rings. The largest absolute Gasteiger partial charge is 0.248 e. The third-order valence-electron chi connectivity index (χ3n) is 3.15. The van der Waals surface area contributed by atoms with Gasteiger partial charge < -0.3 is 0 Å². The van der Waals surface area contributed by atoms with Crippen LogP contribution in [-0.4, -0.2) is 20.3 Å². The van der Waals surface area contributed by atoms with Crippen molar-refractivity contribution in [3.63, 3.8) is 0 Å². The molecular formula is C15H14BrN3. The summed E-state index contributed by atoms with van der Waals surface area (Å²) in [6, 6.07) is 14.8. The number of hydrogen-bond acceptors (Lipinski definition) is 2. The molecule has 0 N–H and O–H groups in total. The normalized spacial score (nSPS) is 11.0. The summed E-state index contributed by atoms with van der Waals surface area (Å²) >= 11 is 3.42. The van der Waals surface area contributed by atoms with E-state index >= 15 is 0 Å². The molecule has 0 aliphatic rings. The first-order chi connectivity index (χ1) is 9.36. The highest BCUT2D eigenvalue weighted by atomic mass is 79.9. The molecule has 96 valence electrons. The fourth-order valence-corrected chi connectivity index (χ4v) is 2.64. The van der Waals surface area contributed by atoms with Crippen molar-refractivity contribution < 1.29 is 0 Å². The second-order valence-electron chi connectivity index (χ2n) is 4.48. The highest BCUT2D eigenvalue weighted by Crippen LogP contribution is 2.19. The monoisotopic (exact) mass is 315 g/mol. The molecule has 0 bridgehead atoms. The second kappa shape index (κ2) is 5.53. The Kier molecular flexibility index (Phi) is 3.60. The van der Waals surface area contributed by atoms with Gasteiger partial charge in [-0.25, -0.2) is 4.68 Å². The molecule has 3 nitrogen and oxygen atoms in total. The molecule has 19 heavy (non-hydrogen) atoms. The SMILES string of the molecule is BrCCc1cn(Cc2cccc3ccccc23)nn1. The van der Waals surface area contributed by atoms with Crippen LogP contribution in [0.25, 0.3) is 10.8 Å². The van der Waals surface area contributed by atoms with Crippen LogP contribution in [0.15, 0.2) is 48.7 Å². The van der Waals surface area contributed by atoms with Gasteiger partial charge in [0.05, 0.1) is 12.2 Å². The highest BCUT2D eigenvalue weighted by molar-refractivity contribution is 9.09. The molecule has 0 fully saturated rings. The summed E-state index contributed by atoms with van der Waals surface area (Å²) in [6.45, 7) is 0.761. The van der Waals surface area contributed by atoms with Gasteiger partial charge in [-0.05, 0) is 16.3 Å². The van der Waals surface area contributed by atoms with Crippen LogP contribution in [-0.2, 0) is 13.0 Å². The van der Waals surface area contributed by atoms with Gasteiger partial charge in [0, 0.05) is 17.9 Å². The van der Waals surface area contributed by atoms with Crippen molar-refractivity contribution in [3.8, 4) is 0 Å². The number of nitrogens with zero attached hydrogens (tertiary/aromatic N) is 3. The Labute approximate surface area is 120 Å². The van der Waals surface area contributed by atoms with Crippen LogP contribution in [0, 0.1) is 0 Å². The maximum absolute atomic E-state index is 4.18. The second-order valence-corrected chi connectivity index (χ2v) is 5.28. The summed E-state index contributed by atoms with van der Waals surface area (Å²) in [5.41, 5.74) is 2.30. The van der Waals surface area contributed by atoms with Crippen LogP contribution in [0.1, 0.15) is 11.3 Å². The van der Waals surface area contributed by atoms with E-state index in [4.69, 9.17) is 0 Å². The molecule has 0 atom stereocenters. The van der Waals surface area contributed by atoms with Gasteiger partial charge in [-0.2, -0.15) is 0 Å². The summed E-state index contributed by atoms with van der Waals surface area (Å²) < 4.78 is 1.90. The predicted molar refractivity (Wildman–Crippen MR) is 80.6 cm³/mol. The molecular weight excluding hydrogens is 302 g/mol. The van der Waals surface area contributed by atoms with Crippen LogP contribution >= 0.6 is 15.9 Å². The van der Waals surface area contributed by atoms with Gasteiger partial charge >= 0.3 is 0 Å². The standard InChI is InChI=1S/C15H14BrN3/c16-9-8-14-11-19(18-17-14)10-13-6-3-5-12-4-1-2-7-15(12)13/h1-7,11H,8-10H2. The molecule has 0 radical (unpaired) electrons. The average Bonchev–Trinajstić information content (AvgIpc) is 2.87. The fraction of sp³-hybridized carbons (Fsp3) is 0.200. The van der Waals surface area contributed by atoms with Gasteiger partial charge in [-0.1, -0.05) is 63.6 Å². The number of fused-ring (bicyclic) bond motifs is 1. The molecule has 4 heteroatoms. The van der Waals surface area contributed by atoms with Crippen molar-refractivity contribution in [2.75, 3.05) is 5.33 Å². The van der Waals surface area contributed by atoms with Crippen LogP contribution in [0.3, 0.4) is 0 Å². The zero-order valence-corrected chi connectivity index (χ0v) is 12.0. The summed E-state index contributed by atoms with van der Waals surface area (Å²) in [5, 5.41) is 11.8. The Morgan fingerprint density at radius 3 is 2.79 bits per heavy atom. The molecule has 1 aromatic heterocycles. The molecule has 2 aromatic carbocycles. The van der Waals surface area contributed by atoms with E-state index in [-0.39, 0.29) is 0 Å². The molecule has 0 aliphatic carbocycles. The Morgan fingerprint density at radius 2 is 1.89 bits per heavy atom. The summed E-state index contributed by atoms with van der Waals surface area (Å²) in [7, 11) is 0. The quantitative estimate of drug-likeness (QED) is 0.691. The Hall–Kier alpha value is -1.68. The lowest BCUT2D eigenvalue weighted by Crippen LogP contribution is -2.01. The smallest absolute Gasteiger partial charge is 0.0835 e. The van der Waals surface area contributed by atoms with Crippen molar-refractivity contribution in [2.24, 2.45) is 0 Å². The van der Waals surface area contributed by atoms with Gasteiger partial charge in [-0.15, -0.1) is 5.10 Å². The van der Waals surface area contributed by atoms with E-state index in [2.05, 4.69) is 68.7 Å². The van der Waals surface area contributed by atoms with E-state index in [0.717, 1.165) is 24.0 Å². The molecule has 0 amide bonds. The van der Waals surface area contributed by atoms with Gasteiger partial charge in [0.15, 0.2) is 0 Å². The lowest BCUT2D eigenvalue weighted by molar-refractivity contribution is 0.652. The highest BCUT2D eigenvalue weighted by Gasteiger charge is 2.04. The number of benzene rings is 2. The molecule has 0 saturated carbocycles. The van der Waals surface area contributed by atoms with E-state index in [0.29, 0.717) is 0 Å². The molecule has 0 aliphatic heterocycles. The van der Waals surface area contributed by atoms with E-state index in [9.17, 15) is 0 Å². The van der Waals surface area contributed by atoms with Gasteiger partial charge in [0.25, 0.3) is 0 Å². The first-order valence-electron chi connectivity index (χ1n) is 6.28. The zero-order chi connectivity index (χ0) is 13.1. The third kappa shape index (κ3) is 2.68. The number of halogens is 1. The predicted octanol–water partition coefficient (Wildman–Crippen LogP) is 3.42. The van der Waals surface area contributed by atoms with Crippen LogP contribution in [0.4, 0.5) is 0 Å². The van der Waals surface area contributed by atoms with Gasteiger partial charge in [-0.3, -0.25) is 0 Å². The average molecular weight is 316 g/mol. The summed E-state index contributed by atoms with van der Waals surface area (Å²) in [6.07, 6.45) is 2.93. The van der Waals surface area contributed by atoms with Crippen molar-refractivity contribution in [1.29, 1.82) is 0 Å². The number of aryl methyl sites for hydroxylation is 1. The van der Waals surface area contributed by atoms with E-state index < -0.39 is 0 Å². The lowest BCUT2D eigenvalue weighted by atomic mass is 10.0. The lowest BCUT2D eigenvalue weighted by Gasteiger charge is -2.05. The maximum Gasteiger partial charge on any atom is 0.0835 e. The van der Waals surface area contributed by atoms with Gasteiger partial charge in [0.1, 0.15) is 0 Å². The van der Waals surface area contributed by atoms with Crippen molar-refractivity contribution in [1.82, 2.24) is 15.0 Å². The van der Waals surface area contributed by atoms with Crippen molar-refractivity contribution in [3.05, 3.63) is 59.9 Å². The Balaban J connectivity index is 1.92. The zero-order valence-electron chi connectivity index (χ0n) is 10.5. The fourth-order valence-electron chi connectivity index (χ4n) is 2.23. The third-order valence-corrected chi connectivity index (χ3v) is 3.55. The van der Waals surface area contributed by atoms with Crippen molar-refractivity contribution in [2.45, 2.75) is 13.0 Å². The van der Waals surface area contributed by atoms with E-state index in [1.165, 1.54) is 16.3 Å².